The fraction of sp³-hybridized carbons (Fsp3) is 0.0652. The van der Waals surface area contributed by atoms with E-state index in [0.717, 1.165) is 50.6 Å². The molecule has 0 aliphatic heterocycles. The lowest BCUT2D eigenvalue weighted by molar-refractivity contribution is 0.664. The number of hydrogen-bond donors (Lipinski definition) is 0. The van der Waals surface area contributed by atoms with Gasteiger partial charge in [-0.2, -0.15) is 0 Å². The summed E-state index contributed by atoms with van der Waals surface area (Å²) in [5, 5.41) is 7.29. The fourth-order valence-corrected chi connectivity index (χ4v) is 7.85. The lowest BCUT2D eigenvalue weighted by Gasteiger charge is -2.26. The third-order valence-electron chi connectivity index (χ3n) is 10.2. The first-order valence-corrected chi connectivity index (χ1v) is 17.2. The van der Waals surface area contributed by atoms with Crippen molar-refractivity contribution in [2.24, 2.45) is 5.92 Å². The first-order chi connectivity index (χ1) is 24.7. The monoisotopic (exact) mass is 641 g/mol. The van der Waals surface area contributed by atoms with E-state index < -0.39 is 0 Å². The smallest absolute Gasteiger partial charge is 0.164 e. The van der Waals surface area contributed by atoms with Crippen LogP contribution in [0.1, 0.15) is 23.6 Å². The quantitative estimate of drug-likeness (QED) is 0.179. The molecular formula is C46H31N3O. The predicted octanol–water partition coefficient (Wildman–Crippen LogP) is 11.8. The summed E-state index contributed by atoms with van der Waals surface area (Å²) in [6.45, 7) is 2.34. The molecule has 0 saturated carbocycles. The Kier molecular flexibility index (Phi) is 6.50. The summed E-state index contributed by atoms with van der Waals surface area (Å²) in [7, 11) is 0. The van der Waals surface area contributed by atoms with Crippen molar-refractivity contribution in [2.45, 2.75) is 13.3 Å². The Morgan fingerprint density at radius 3 is 1.70 bits per heavy atom. The summed E-state index contributed by atoms with van der Waals surface area (Å²) in [5.41, 5.74) is 9.62. The summed E-state index contributed by atoms with van der Waals surface area (Å²) < 4.78 is 6.81. The van der Waals surface area contributed by atoms with E-state index in [2.05, 4.69) is 91.9 Å². The van der Waals surface area contributed by atoms with Gasteiger partial charge in [0.1, 0.15) is 11.2 Å². The maximum atomic E-state index is 6.81. The van der Waals surface area contributed by atoms with Gasteiger partial charge in [0.05, 0.1) is 0 Å². The standard InChI is InChI=1S/C46H31N3O/c1-28-26-39-33-20-10-8-18-31(33)32-19-9-11-21-34(32)40(39)27-38(28)35-24-25-37(42-36-22-12-13-23-41(36)50-43(35)42)46-48-44(29-14-4-2-5-15-29)47-45(49-46)30-16-6-3-7-17-30/h2-25,27-28H,26H2,1H3. The van der Waals surface area contributed by atoms with Gasteiger partial charge in [-0.25, -0.2) is 15.0 Å². The summed E-state index contributed by atoms with van der Waals surface area (Å²) in [6, 6.07) is 50.6. The van der Waals surface area contributed by atoms with Gasteiger partial charge in [0.25, 0.3) is 0 Å². The molecule has 0 bridgehead atoms. The molecule has 0 radical (unpaired) electrons. The number of nitrogens with zero attached hydrogens (tertiary/aromatic N) is 3. The maximum Gasteiger partial charge on any atom is 0.164 e. The molecule has 0 amide bonds. The van der Waals surface area contributed by atoms with Crippen LogP contribution in [-0.4, -0.2) is 15.0 Å². The summed E-state index contributed by atoms with van der Waals surface area (Å²) in [4.78, 5) is 15.2. The minimum Gasteiger partial charge on any atom is -0.455 e. The highest BCUT2D eigenvalue weighted by molar-refractivity contribution is 6.18. The zero-order valence-corrected chi connectivity index (χ0v) is 27.5. The van der Waals surface area contributed by atoms with E-state index in [1.54, 1.807) is 0 Å². The van der Waals surface area contributed by atoms with Crippen LogP contribution in [0.3, 0.4) is 0 Å². The number of hydrogen-bond acceptors (Lipinski definition) is 4. The van der Waals surface area contributed by atoms with Gasteiger partial charge in [0.2, 0.25) is 0 Å². The third kappa shape index (κ3) is 4.49. The Hall–Kier alpha value is -6.39. The summed E-state index contributed by atoms with van der Waals surface area (Å²) >= 11 is 0. The molecule has 1 aliphatic carbocycles. The number of rotatable bonds is 4. The molecule has 4 heteroatoms. The molecule has 0 N–H and O–H groups in total. The van der Waals surface area contributed by atoms with Gasteiger partial charge in [-0.15, -0.1) is 0 Å². The molecule has 2 heterocycles. The van der Waals surface area contributed by atoms with Gasteiger partial charge in [-0.3, -0.25) is 0 Å². The second kappa shape index (κ2) is 11.4. The molecule has 50 heavy (non-hydrogen) atoms. The van der Waals surface area contributed by atoms with Crippen molar-refractivity contribution in [1.82, 2.24) is 15.0 Å². The highest BCUT2D eigenvalue weighted by Gasteiger charge is 2.27. The molecule has 9 aromatic rings. The van der Waals surface area contributed by atoms with Crippen LogP contribution in [0.15, 0.2) is 150 Å². The fourth-order valence-electron chi connectivity index (χ4n) is 7.85. The van der Waals surface area contributed by atoms with E-state index in [1.165, 1.54) is 38.2 Å². The maximum absolute atomic E-state index is 6.81. The van der Waals surface area contributed by atoms with E-state index >= 15 is 0 Å². The SMILES string of the molecule is CC1Cc2c(c3ccccc3c3ccccc23)C=C1c1ccc(-c2nc(-c3ccccc3)nc(-c3ccccc3)n2)c2c1oc1ccccc12. The average Bonchev–Trinajstić information content (AvgIpc) is 3.58. The molecule has 7 aromatic carbocycles. The van der Waals surface area contributed by atoms with Gasteiger partial charge in [-0.05, 0) is 68.8 Å². The van der Waals surface area contributed by atoms with Crippen molar-refractivity contribution < 1.29 is 4.42 Å². The lowest BCUT2D eigenvalue weighted by Crippen LogP contribution is -2.11. The van der Waals surface area contributed by atoms with Gasteiger partial charge in [0, 0.05) is 33.0 Å². The van der Waals surface area contributed by atoms with Crippen molar-refractivity contribution >= 4 is 55.1 Å². The van der Waals surface area contributed by atoms with E-state index in [9.17, 15) is 0 Å². The van der Waals surface area contributed by atoms with Crippen LogP contribution in [0.2, 0.25) is 0 Å². The van der Waals surface area contributed by atoms with Crippen molar-refractivity contribution in [2.75, 3.05) is 0 Å². The highest BCUT2D eigenvalue weighted by Crippen LogP contribution is 2.46. The first kappa shape index (κ1) is 28.6. The molecule has 0 spiro atoms. The van der Waals surface area contributed by atoms with Gasteiger partial charge >= 0.3 is 0 Å². The topological polar surface area (TPSA) is 51.8 Å². The second-order valence-electron chi connectivity index (χ2n) is 13.2. The molecular weight excluding hydrogens is 611 g/mol. The minimum atomic E-state index is 0.279. The third-order valence-corrected chi connectivity index (χ3v) is 10.2. The molecule has 1 unspecified atom stereocenters. The Morgan fingerprint density at radius 2 is 1.02 bits per heavy atom. The number of aromatic nitrogens is 3. The van der Waals surface area contributed by atoms with Crippen LogP contribution < -0.4 is 0 Å². The second-order valence-corrected chi connectivity index (χ2v) is 13.2. The van der Waals surface area contributed by atoms with Crippen molar-refractivity contribution in [3.8, 4) is 34.2 Å². The zero-order chi connectivity index (χ0) is 33.2. The average molecular weight is 642 g/mol. The zero-order valence-electron chi connectivity index (χ0n) is 27.5. The molecule has 0 fully saturated rings. The number of allylic oxidation sites excluding steroid dienone is 1. The van der Waals surface area contributed by atoms with Crippen LogP contribution >= 0.6 is 0 Å². The van der Waals surface area contributed by atoms with Crippen LogP contribution in [0, 0.1) is 5.92 Å². The Bertz CT molecular complexity index is 2740. The first-order valence-electron chi connectivity index (χ1n) is 17.2. The normalized spacial score (nSPS) is 14.3. The van der Waals surface area contributed by atoms with E-state index in [0.29, 0.717) is 17.5 Å². The Labute approximate surface area is 289 Å². The molecule has 0 saturated heterocycles. The summed E-state index contributed by atoms with van der Waals surface area (Å²) in [5.74, 6) is 2.17. The Balaban J connectivity index is 1.23. The number of fused-ring (bicyclic) bond motifs is 9. The van der Waals surface area contributed by atoms with Gasteiger partial charge in [0.15, 0.2) is 17.5 Å². The van der Waals surface area contributed by atoms with Gasteiger partial charge < -0.3 is 4.42 Å². The molecule has 236 valence electrons. The molecule has 1 atom stereocenters. The van der Waals surface area contributed by atoms with Crippen molar-refractivity contribution in [1.29, 1.82) is 0 Å². The van der Waals surface area contributed by atoms with Gasteiger partial charge in [-0.1, -0.05) is 140 Å². The Morgan fingerprint density at radius 1 is 0.500 bits per heavy atom. The number of para-hydroxylation sites is 1. The van der Waals surface area contributed by atoms with E-state index in [1.807, 2.05) is 66.7 Å². The van der Waals surface area contributed by atoms with Crippen LogP contribution in [0.4, 0.5) is 0 Å². The van der Waals surface area contributed by atoms with E-state index in [-0.39, 0.29) is 5.92 Å². The van der Waals surface area contributed by atoms with Crippen LogP contribution in [0.5, 0.6) is 0 Å². The summed E-state index contributed by atoms with van der Waals surface area (Å²) in [6.07, 6.45) is 3.37. The molecule has 10 rings (SSSR count). The molecule has 2 aromatic heterocycles. The van der Waals surface area contributed by atoms with Crippen molar-refractivity contribution in [3.63, 3.8) is 0 Å². The molecule has 1 aliphatic rings. The number of furan rings is 1. The minimum absolute atomic E-state index is 0.279. The predicted molar refractivity (Wildman–Crippen MR) is 206 cm³/mol. The van der Waals surface area contributed by atoms with E-state index in [4.69, 9.17) is 19.4 Å². The van der Waals surface area contributed by atoms with Crippen molar-refractivity contribution in [3.05, 3.63) is 162 Å². The lowest BCUT2D eigenvalue weighted by atomic mass is 9.77. The van der Waals surface area contributed by atoms with Crippen LogP contribution in [-0.2, 0) is 6.42 Å². The largest absolute Gasteiger partial charge is 0.455 e. The highest BCUT2D eigenvalue weighted by atomic mass is 16.3. The number of benzene rings is 7. The van der Waals surface area contributed by atoms with Crippen LogP contribution in [0.25, 0.3) is 89.3 Å². The molecule has 4 nitrogen and oxygen atoms in total.